The molecule has 0 aliphatic carbocycles. The number of hydrogen-bond donors (Lipinski definition) is 1. The molecule has 0 atom stereocenters. The predicted octanol–water partition coefficient (Wildman–Crippen LogP) is -1.96. The summed E-state index contributed by atoms with van der Waals surface area (Å²) >= 11 is 1.65. The van der Waals surface area contributed by atoms with Gasteiger partial charge in [-0.05, 0) is 12.1 Å². The summed E-state index contributed by atoms with van der Waals surface area (Å²) in [7, 11) is 0. The molecule has 2 heterocycles. The zero-order chi connectivity index (χ0) is 11.5. The Morgan fingerprint density at radius 2 is 2.29 bits per heavy atom. The van der Waals surface area contributed by atoms with Crippen molar-refractivity contribution in [2.24, 2.45) is 0 Å². The molecule has 1 fully saturated rings. The van der Waals surface area contributed by atoms with Crippen molar-refractivity contribution in [1.82, 2.24) is 9.88 Å². The first-order valence-corrected chi connectivity index (χ1v) is 5.91. The van der Waals surface area contributed by atoms with Gasteiger partial charge in [0.15, 0.2) is 0 Å². The molecule has 2 rings (SSSR count). The fraction of sp³-hybridized carbons (Fsp3) is 0.300. The molecule has 5 nitrogen and oxygen atoms in total. The van der Waals surface area contributed by atoms with Crippen molar-refractivity contribution in [2.45, 2.75) is 0 Å². The number of hydrogen-bond acceptors (Lipinski definition) is 4. The number of aromatic carboxylic acids is 1. The first kappa shape index (κ1) is 14.5. The minimum absolute atomic E-state index is 0. The Bertz CT molecular complexity index is 441. The van der Waals surface area contributed by atoms with Gasteiger partial charge in [-0.15, -0.1) is 11.8 Å². The van der Waals surface area contributed by atoms with Crippen LogP contribution in [-0.4, -0.2) is 45.0 Å². The number of thioether (sulfide) groups is 1. The van der Waals surface area contributed by atoms with Crippen LogP contribution in [0.15, 0.2) is 18.3 Å². The first-order chi connectivity index (χ1) is 7.70. The third-order valence-corrected chi connectivity index (χ3v) is 3.25. The smallest absolute Gasteiger partial charge is 1.00 e. The van der Waals surface area contributed by atoms with Crippen molar-refractivity contribution >= 4 is 23.6 Å². The molecular formula is C10H11N2NaO3S. The van der Waals surface area contributed by atoms with Crippen molar-refractivity contribution in [1.29, 1.82) is 0 Å². The number of nitrogens with zero attached hydrogens (tertiary/aromatic N) is 2. The number of carbonyl (C=O) groups excluding carboxylic acids is 1. The van der Waals surface area contributed by atoms with Crippen LogP contribution in [0.4, 0.5) is 0 Å². The van der Waals surface area contributed by atoms with Crippen LogP contribution in [-0.2, 0) is 0 Å². The second kappa shape index (κ2) is 6.39. The van der Waals surface area contributed by atoms with E-state index < -0.39 is 5.97 Å². The Hall–Kier alpha value is -0.560. The number of rotatable bonds is 2. The van der Waals surface area contributed by atoms with Gasteiger partial charge in [-0.1, -0.05) is 0 Å². The van der Waals surface area contributed by atoms with Crippen LogP contribution in [0, 0.1) is 0 Å². The van der Waals surface area contributed by atoms with Crippen molar-refractivity contribution in [3.63, 3.8) is 0 Å². The van der Waals surface area contributed by atoms with Gasteiger partial charge in [-0.3, -0.25) is 9.78 Å². The van der Waals surface area contributed by atoms with Gasteiger partial charge in [-0.25, -0.2) is 4.79 Å². The van der Waals surface area contributed by atoms with E-state index in [1.54, 1.807) is 16.7 Å². The first-order valence-electron chi connectivity index (χ1n) is 4.75. The normalized spacial score (nSPS) is 14.2. The number of aromatic nitrogens is 1. The van der Waals surface area contributed by atoms with Gasteiger partial charge in [0.1, 0.15) is 5.69 Å². The van der Waals surface area contributed by atoms with Gasteiger partial charge in [-0.2, -0.15) is 0 Å². The minimum atomic E-state index is -1.12. The number of amides is 1. The van der Waals surface area contributed by atoms with E-state index in [2.05, 4.69) is 4.98 Å². The molecule has 86 valence electrons. The third kappa shape index (κ3) is 3.22. The summed E-state index contributed by atoms with van der Waals surface area (Å²) in [6.07, 6.45) is 1.43. The fourth-order valence-corrected chi connectivity index (χ4v) is 2.42. The topological polar surface area (TPSA) is 70.5 Å². The van der Waals surface area contributed by atoms with Crippen molar-refractivity contribution in [3.05, 3.63) is 29.6 Å². The maximum absolute atomic E-state index is 12.0. The Kier molecular flexibility index (Phi) is 5.45. The van der Waals surface area contributed by atoms with Gasteiger partial charge < -0.3 is 11.4 Å². The van der Waals surface area contributed by atoms with E-state index in [9.17, 15) is 9.59 Å². The zero-order valence-electron chi connectivity index (χ0n) is 10.4. The van der Waals surface area contributed by atoms with Crippen LogP contribution in [0.25, 0.3) is 0 Å². The standard InChI is InChI=1S/C10H10N2O3S.Na.H/c13-9(12-4-5-16-6-12)8-7(10(14)15)2-1-3-11-8;;/h1-3H,4-6H2,(H,14,15);;/q;+1;-1. The molecule has 1 aliphatic heterocycles. The average molecular weight is 262 g/mol. The summed E-state index contributed by atoms with van der Waals surface area (Å²) in [4.78, 5) is 28.4. The largest absolute Gasteiger partial charge is 1.00 e. The van der Waals surface area contributed by atoms with Crippen LogP contribution < -0.4 is 29.6 Å². The monoisotopic (exact) mass is 262 g/mol. The van der Waals surface area contributed by atoms with E-state index in [-0.39, 0.29) is 48.1 Å². The minimum Gasteiger partial charge on any atom is -1.00 e. The van der Waals surface area contributed by atoms with E-state index in [0.717, 1.165) is 5.75 Å². The van der Waals surface area contributed by atoms with E-state index in [1.807, 2.05) is 0 Å². The maximum Gasteiger partial charge on any atom is 1.00 e. The Morgan fingerprint density at radius 3 is 2.88 bits per heavy atom. The average Bonchev–Trinajstić information content (AvgIpc) is 2.81. The van der Waals surface area contributed by atoms with Crippen LogP contribution in [0.2, 0.25) is 0 Å². The molecule has 1 N–H and O–H groups in total. The summed E-state index contributed by atoms with van der Waals surface area (Å²) in [5.41, 5.74) is -0.0121. The number of carboxylic acid groups (broad SMARTS) is 1. The third-order valence-electron chi connectivity index (χ3n) is 2.28. The quantitative estimate of drug-likeness (QED) is 0.627. The van der Waals surface area contributed by atoms with Crippen LogP contribution in [0.5, 0.6) is 0 Å². The summed E-state index contributed by atoms with van der Waals surface area (Å²) in [5.74, 6) is 0.0708. The summed E-state index contributed by atoms with van der Waals surface area (Å²) in [5, 5.41) is 8.94. The molecule has 0 spiro atoms. The van der Waals surface area contributed by atoms with Crippen LogP contribution >= 0.6 is 11.8 Å². The van der Waals surface area contributed by atoms with Crippen molar-refractivity contribution in [2.75, 3.05) is 18.2 Å². The molecular weight excluding hydrogens is 251 g/mol. The van der Waals surface area contributed by atoms with Crippen LogP contribution in [0.1, 0.15) is 22.3 Å². The molecule has 1 aromatic heterocycles. The molecule has 7 heteroatoms. The molecule has 0 saturated carbocycles. The van der Waals surface area contributed by atoms with E-state index in [4.69, 9.17) is 5.11 Å². The molecule has 17 heavy (non-hydrogen) atoms. The Morgan fingerprint density at radius 1 is 1.53 bits per heavy atom. The predicted molar refractivity (Wildman–Crippen MR) is 60.7 cm³/mol. The van der Waals surface area contributed by atoms with Gasteiger partial charge >= 0.3 is 35.5 Å². The summed E-state index contributed by atoms with van der Waals surface area (Å²) in [6, 6.07) is 2.91. The summed E-state index contributed by atoms with van der Waals surface area (Å²) < 4.78 is 0. The molecule has 1 aromatic rings. The number of carboxylic acids is 1. The van der Waals surface area contributed by atoms with Gasteiger partial charge in [0.2, 0.25) is 0 Å². The van der Waals surface area contributed by atoms with Crippen LogP contribution in [0.3, 0.4) is 0 Å². The molecule has 0 bridgehead atoms. The molecule has 1 amide bonds. The zero-order valence-corrected chi connectivity index (χ0v) is 12.2. The molecule has 0 aromatic carbocycles. The maximum atomic E-state index is 12.0. The van der Waals surface area contributed by atoms with E-state index in [0.29, 0.717) is 12.4 Å². The summed E-state index contributed by atoms with van der Waals surface area (Å²) in [6.45, 7) is 0.652. The van der Waals surface area contributed by atoms with E-state index >= 15 is 0 Å². The Labute approximate surface area is 126 Å². The van der Waals surface area contributed by atoms with Gasteiger partial charge in [0, 0.05) is 18.5 Å². The molecule has 0 unspecified atom stereocenters. The SMILES string of the molecule is O=C(O)c1cccnc1C(=O)N1CCSC1.[H-].[Na+]. The second-order valence-electron chi connectivity index (χ2n) is 3.31. The van der Waals surface area contributed by atoms with Crippen molar-refractivity contribution in [3.8, 4) is 0 Å². The number of pyridine rings is 1. The number of carbonyl (C=O) groups is 2. The van der Waals surface area contributed by atoms with E-state index in [1.165, 1.54) is 18.3 Å². The molecule has 1 aliphatic rings. The fourth-order valence-electron chi connectivity index (χ4n) is 1.47. The van der Waals surface area contributed by atoms with Gasteiger partial charge in [0.25, 0.3) is 5.91 Å². The van der Waals surface area contributed by atoms with Crippen molar-refractivity contribution < 1.29 is 45.7 Å². The molecule has 0 radical (unpaired) electrons. The molecule has 1 saturated heterocycles. The second-order valence-corrected chi connectivity index (χ2v) is 4.39. The van der Waals surface area contributed by atoms with Gasteiger partial charge in [0.05, 0.1) is 11.4 Å². The Balaban J connectivity index is 0.00000144.